The van der Waals surface area contributed by atoms with E-state index in [-0.39, 0.29) is 6.09 Å². The first kappa shape index (κ1) is 24.6. The Morgan fingerprint density at radius 2 is 1.87 bits per heavy atom. The molecule has 0 unspecified atom stereocenters. The SMILES string of the molecule is CC1CCC(n2c3cnccc3c3cnc(Nc4ccc5c(n4)CCN(C(=O)OC(C)(C)C)C5)nc32)CC1. The van der Waals surface area contributed by atoms with Crippen LogP contribution in [-0.2, 0) is 17.7 Å². The second-order valence-electron chi connectivity index (χ2n) is 11.7. The molecule has 0 saturated heterocycles. The Balaban J connectivity index is 1.26. The number of aromatic nitrogens is 5. The predicted octanol–water partition coefficient (Wildman–Crippen LogP) is 6.16. The second kappa shape index (κ2) is 9.53. The number of carbonyl (C=O) groups excluding carboxylic acids is 1. The van der Waals surface area contributed by atoms with Gasteiger partial charge in [-0.2, -0.15) is 4.98 Å². The van der Waals surface area contributed by atoms with Gasteiger partial charge in [-0.05, 0) is 70.1 Å². The largest absolute Gasteiger partial charge is 0.444 e. The van der Waals surface area contributed by atoms with E-state index in [1.807, 2.05) is 51.5 Å². The zero-order valence-corrected chi connectivity index (χ0v) is 22.6. The molecule has 0 aromatic carbocycles. The molecule has 0 bridgehead atoms. The third-order valence-corrected chi connectivity index (χ3v) is 7.64. The van der Waals surface area contributed by atoms with Gasteiger partial charge in [-0.25, -0.2) is 14.8 Å². The summed E-state index contributed by atoms with van der Waals surface area (Å²) in [6.45, 7) is 9.06. The smallest absolute Gasteiger partial charge is 0.410 e. The molecule has 1 aliphatic carbocycles. The minimum Gasteiger partial charge on any atom is -0.444 e. The standard InChI is InChI=1S/C29H35N7O2/c1-18-5-8-20(9-6-18)36-24-16-30-13-11-21(24)22-15-31-27(34-26(22)36)33-25-10-7-19-17-35(14-12-23(19)32-25)28(37)38-29(2,3)4/h7,10-11,13,15-16,18,20H,5-6,8-9,12,14,17H2,1-4H3,(H,31,32,33,34). The maximum absolute atomic E-state index is 12.5. The van der Waals surface area contributed by atoms with Crippen molar-refractivity contribution in [3.63, 3.8) is 0 Å². The minimum atomic E-state index is -0.512. The van der Waals surface area contributed by atoms with Crippen molar-refractivity contribution >= 4 is 39.8 Å². The van der Waals surface area contributed by atoms with Crippen LogP contribution in [0.15, 0.2) is 36.8 Å². The number of pyridine rings is 2. The maximum atomic E-state index is 12.5. The molecule has 38 heavy (non-hydrogen) atoms. The first-order valence-corrected chi connectivity index (χ1v) is 13.6. The minimum absolute atomic E-state index is 0.287. The number of amides is 1. The molecular formula is C29H35N7O2. The van der Waals surface area contributed by atoms with E-state index in [4.69, 9.17) is 14.7 Å². The summed E-state index contributed by atoms with van der Waals surface area (Å²) in [6.07, 6.45) is 10.8. The van der Waals surface area contributed by atoms with Crippen molar-refractivity contribution in [3.8, 4) is 0 Å². The van der Waals surface area contributed by atoms with Gasteiger partial charge in [0.2, 0.25) is 5.95 Å². The molecule has 1 N–H and O–H groups in total. The van der Waals surface area contributed by atoms with Crippen LogP contribution in [0.5, 0.6) is 0 Å². The van der Waals surface area contributed by atoms with Gasteiger partial charge in [-0.1, -0.05) is 13.0 Å². The molecule has 0 radical (unpaired) electrons. The lowest BCUT2D eigenvalue weighted by Crippen LogP contribution is -2.40. The Morgan fingerprint density at radius 1 is 1.05 bits per heavy atom. The molecule has 0 spiro atoms. The van der Waals surface area contributed by atoms with Crippen molar-refractivity contribution in [2.45, 2.75) is 78.0 Å². The first-order chi connectivity index (χ1) is 18.2. The predicted molar refractivity (Wildman–Crippen MR) is 147 cm³/mol. The summed E-state index contributed by atoms with van der Waals surface area (Å²) in [7, 11) is 0. The van der Waals surface area contributed by atoms with E-state index < -0.39 is 5.60 Å². The summed E-state index contributed by atoms with van der Waals surface area (Å²) < 4.78 is 7.92. The number of hydrogen-bond acceptors (Lipinski definition) is 7. The van der Waals surface area contributed by atoms with Crippen molar-refractivity contribution in [1.82, 2.24) is 29.4 Å². The van der Waals surface area contributed by atoms with Crippen LogP contribution in [0.3, 0.4) is 0 Å². The molecule has 198 valence electrons. The Labute approximate surface area is 222 Å². The summed E-state index contributed by atoms with van der Waals surface area (Å²) in [5.74, 6) is 2.00. The summed E-state index contributed by atoms with van der Waals surface area (Å²) in [4.78, 5) is 33.1. The number of rotatable bonds is 3. The van der Waals surface area contributed by atoms with E-state index in [1.165, 1.54) is 12.8 Å². The lowest BCUT2D eigenvalue weighted by Gasteiger charge is -2.30. The molecule has 5 heterocycles. The highest BCUT2D eigenvalue weighted by Gasteiger charge is 2.27. The van der Waals surface area contributed by atoms with Crippen molar-refractivity contribution in [2.75, 3.05) is 11.9 Å². The third kappa shape index (κ3) is 4.77. The number of carbonyl (C=O) groups is 1. The van der Waals surface area contributed by atoms with E-state index in [0.29, 0.717) is 37.3 Å². The van der Waals surface area contributed by atoms with Gasteiger partial charge in [0.25, 0.3) is 0 Å². The van der Waals surface area contributed by atoms with Crippen LogP contribution >= 0.6 is 0 Å². The monoisotopic (exact) mass is 513 g/mol. The fraction of sp³-hybridized carbons (Fsp3) is 0.483. The average molecular weight is 514 g/mol. The van der Waals surface area contributed by atoms with Gasteiger partial charge in [-0.3, -0.25) is 4.98 Å². The third-order valence-electron chi connectivity index (χ3n) is 7.64. The highest BCUT2D eigenvalue weighted by molar-refractivity contribution is 6.06. The Bertz CT molecular complexity index is 1500. The van der Waals surface area contributed by atoms with Gasteiger partial charge in [0, 0.05) is 47.9 Å². The second-order valence-corrected chi connectivity index (χ2v) is 11.7. The fourth-order valence-electron chi connectivity index (χ4n) is 5.68. The van der Waals surface area contributed by atoms with Gasteiger partial charge >= 0.3 is 6.09 Å². The lowest BCUT2D eigenvalue weighted by atomic mass is 9.87. The van der Waals surface area contributed by atoms with Crippen LogP contribution in [0.4, 0.5) is 16.6 Å². The molecule has 9 nitrogen and oxygen atoms in total. The summed E-state index contributed by atoms with van der Waals surface area (Å²) in [6, 6.07) is 6.41. The topological polar surface area (TPSA) is 98.1 Å². The molecule has 1 fully saturated rings. The Morgan fingerprint density at radius 3 is 2.66 bits per heavy atom. The molecule has 0 atom stereocenters. The van der Waals surface area contributed by atoms with E-state index >= 15 is 0 Å². The summed E-state index contributed by atoms with van der Waals surface area (Å²) in [5, 5.41) is 5.51. The number of fused-ring (bicyclic) bond motifs is 4. The fourth-order valence-corrected chi connectivity index (χ4v) is 5.68. The number of ether oxygens (including phenoxy) is 1. The molecule has 4 aromatic rings. The van der Waals surface area contributed by atoms with Crippen molar-refractivity contribution in [2.24, 2.45) is 5.92 Å². The Hall–Kier alpha value is -3.75. The molecule has 1 amide bonds. The van der Waals surface area contributed by atoms with Gasteiger partial charge < -0.3 is 19.5 Å². The molecule has 4 aromatic heterocycles. The zero-order valence-electron chi connectivity index (χ0n) is 22.6. The van der Waals surface area contributed by atoms with E-state index in [0.717, 1.165) is 52.0 Å². The first-order valence-electron chi connectivity index (χ1n) is 13.6. The van der Waals surface area contributed by atoms with E-state index in [9.17, 15) is 4.79 Å². The number of nitrogens with one attached hydrogen (secondary N) is 1. The molecule has 1 saturated carbocycles. The number of nitrogens with zero attached hydrogens (tertiary/aromatic N) is 6. The van der Waals surface area contributed by atoms with Gasteiger partial charge in [0.1, 0.15) is 17.1 Å². The molecule has 6 rings (SSSR count). The normalized spacial score (nSPS) is 19.9. The molecule has 9 heteroatoms. The van der Waals surface area contributed by atoms with Gasteiger partial charge in [0.15, 0.2) is 0 Å². The number of hydrogen-bond donors (Lipinski definition) is 1. The van der Waals surface area contributed by atoms with Gasteiger partial charge in [-0.15, -0.1) is 0 Å². The van der Waals surface area contributed by atoms with E-state index in [1.54, 1.807) is 4.90 Å². The van der Waals surface area contributed by atoms with Crippen LogP contribution in [0.2, 0.25) is 0 Å². The summed E-state index contributed by atoms with van der Waals surface area (Å²) >= 11 is 0. The van der Waals surface area contributed by atoms with Crippen LogP contribution in [0.1, 0.15) is 70.7 Å². The van der Waals surface area contributed by atoms with Crippen molar-refractivity contribution < 1.29 is 9.53 Å². The van der Waals surface area contributed by atoms with Crippen molar-refractivity contribution in [3.05, 3.63) is 48.0 Å². The van der Waals surface area contributed by atoms with Crippen LogP contribution < -0.4 is 5.32 Å². The summed E-state index contributed by atoms with van der Waals surface area (Å²) in [5.41, 5.74) is 3.56. The number of anilines is 2. The highest BCUT2D eigenvalue weighted by Crippen LogP contribution is 2.38. The maximum Gasteiger partial charge on any atom is 0.410 e. The lowest BCUT2D eigenvalue weighted by molar-refractivity contribution is 0.0223. The molecule has 2 aliphatic rings. The van der Waals surface area contributed by atoms with Crippen LogP contribution in [0.25, 0.3) is 21.9 Å². The van der Waals surface area contributed by atoms with Crippen LogP contribution in [0, 0.1) is 5.92 Å². The van der Waals surface area contributed by atoms with Gasteiger partial charge in [0.05, 0.1) is 18.3 Å². The van der Waals surface area contributed by atoms with E-state index in [2.05, 4.69) is 32.8 Å². The molecule has 1 aliphatic heterocycles. The quantitative estimate of drug-likeness (QED) is 0.350. The molecular weight excluding hydrogens is 478 g/mol. The average Bonchev–Trinajstić information content (AvgIpc) is 3.21. The highest BCUT2D eigenvalue weighted by atomic mass is 16.6. The van der Waals surface area contributed by atoms with Crippen molar-refractivity contribution in [1.29, 1.82) is 0 Å². The zero-order chi connectivity index (χ0) is 26.4. The Kier molecular flexibility index (Phi) is 6.16. The van der Waals surface area contributed by atoms with Crippen LogP contribution in [-0.4, -0.2) is 47.6 Å².